The molecule has 0 spiro atoms. The first kappa shape index (κ1) is 24.8. The molecule has 2 aromatic rings. The average molecular weight is 490 g/mol. The predicted octanol–water partition coefficient (Wildman–Crippen LogP) is 3.43. The van der Waals surface area contributed by atoms with Crippen molar-refractivity contribution < 1.29 is 22.7 Å². The van der Waals surface area contributed by atoms with E-state index in [0.29, 0.717) is 44.5 Å². The summed E-state index contributed by atoms with van der Waals surface area (Å²) >= 11 is 0. The average Bonchev–Trinajstić information content (AvgIpc) is 3.46. The van der Waals surface area contributed by atoms with Gasteiger partial charge in [0.25, 0.3) is 0 Å². The van der Waals surface area contributed by atoms with Crippen molar-refractivity contribution in [3.8, 4) is 11.5 Å². The monoisotopic (exact) mass is 489 g/mol. The summed E-state index contributed by atoms with van der Waals surface area (Å²) in [5, 5.41) is 0. The number of nitrogens with zero attached hydrogens (tertiary/aromatic N) is 3. The normalized spacial score (nSPS) is 18.4. The van der Waals surface area contributed by atoms with Crippen LogP contribution in [0.15, 0.2) is 29.2 Å². The molecule has 1 aromatic carbocycles. The summed E-state index contributed by atoms with van der Waals surface area (Å²) in [6.07, 6.45) is 4.86. The zero-order valence-corrected chi connectivity index (χ0v) is 21.4. The van der Waals surface area contributed by atoms with Crippen molar-refractivity contribution in [3.63, 3.8) is 0 Å². The van der Waals surface area contributed by atoms with Gasteiger partial charge < -0.3 is 14.0 Å². The van der Waals surface area contributed by atoms with Crippen LogP contribution in [-0.4, -0.2) is 74.9 Å². The van der Waals surface area contributed by atoms with E-state index in [9.17, 15) is 13.2 Å². The van der Waals surface area contributed by atoms with Gasteiger partial charge in [0.2, 0.25) is 10.0 Å². The minimum atomic E-state index is -3.71. The van der Waals surface area contributed by atoms with Gasteiger partial charge >= 0.3 is 0 Å². The highest BCUT2D eigenvalue weighted by Crippen LogP contribution is 2.34. The summed E-state index contributed by atoms with van der Waals surface area (Å²) in [5.41, 5.74) is 3.00. The molecule has 1 aliphatic carbocycles. The zero-order chi connectivity index (χ0) is 24.5. The number of carbonyl (C=O) groups excluding carboxylic acids is 1. The molecule has 0 atom stereocenters. The number of rotatable bonds is 8. The van der Waals surface area contributed by atoms with Crippen molar-refractivity contribution in [2.45, 2.75) is 50.5 Å². The Labute approximate surface area is 202 Å². The van der Waals surface area contributed by atoms with Crippen LogP contribution >= 0.6 is 0 Å². The molecule has 0 N–H and O–H groups in total. The lowest BCUT2D eigenvalue weighted by atomic mass is 10.1. The van der Waals surface area contributed by atoms with Crippen LogP contribution in [0.25, 0.3) is 0 Å². The van der Waals surface area contributed by atoms with Crippen LogP contribution in [0.2, 0.25) is 0 Å². The second-order valence-corrected chi connectivity index (χ2v) is 11.1. The Hall–Kier alpha value is -2.36. The van der Waals surface area contributed by atoms with Gasteiger partial charge in [-0.15, -0.1) is 0 Å². The summed E-state index contributed by atoms with van der Waals surface area (Å²) in [4.78, 5) is 15.3. The van der Waals surface area contributed by atoms with Crippen LogP contribution < -0.4 is 9.47 Å². The first-order valence-electron chi connectivity index (χ1n) is 11.9. The molecule has 1 saturated carbocycles. The van der Waals surface area contributed by atoms with E-state index in [0.717, 1.165) is 17.0 Å². The SMILES string of the molecule is COc1ccc(S(=O)(=O)N2CCN(CC(=O)c3cc(C)n(C4CCCC4)c3C)CC2)c(OC)c1. The van der Waals surface area contributed by atoms with Crippen LogP contribution in [0.1, 0.15) is 53.5 Å². The van der Waals surface area contributed by atoms with Gasteiger partial charge in [0.05, 0.1) is 20.8 Å². The van der Waals surface area contributed by atoms with Crippen LogP contribution in [0.4, 0.5) is 0 Å². The van der Waals surface area contributed by atoms with Crippen molar-refractivity contribution in [1.29, 1.82) is 0 Å². The zero-order valence-electron chi connectivity index (χ0n) is 20.5. The number of carbonyl (C=O) groups is 1. The number of piperazine rings is 1. The maximum atomic E-state index is 13.2. The van der Waals surface area contributed by atoms with Gasteiger partial charge in [-0.25, -0.2) is 8.42 Å². The third-order valence-corrected chi connectivity index (χ3v) is 9.10. The maximum absolute atomic E-state index is 13.2. The lowest BCUT2D eigenvalue weighted by Crippen LogP contribution is -2.49. The van der Waals surface area contributed by atoms with Crippen molar-refractivity contribution in [1.82, 2.24) is 13.8 Å². The molecule has 2 fully saturated rings. The summed E-state index contributed by atoms with van der Waals surface area (Å²) in [6, 6.07) is 7.23. The number of sulfonamides is 1. The van der Waals surface area contributed by atoms with Crippen molar-refractivity contribution in [3.05, 3.63) is 41.2 Å². The lowest BCUT2D eigenvalue weighted by molar-refractivity contribution is 0.0901. The Morgan fingerprint density at radius 2 is 1.68 bits per heavy atom. The van der Waals surface area contributed by atoms with Crippen LogP contribution in [0.3, 0.4) is 0 Å². The van der Waals surface area contributed by atoms with E-state index in [1.807, 2.05) is 17.9 Å². The number of aryl methyl sites for hydroxylation is 1. The molecule has 1 aromatic heterocycles. The molecular formula is C25H35N3O5S. The topological polar surface area (TPSA) is 81.1 Å². The Morgan fingerprint density at radius 3 is 2.29 bits per heavy atom. The number of hydrogen-bond donors (Lipinski definition) is 0. The fraction of sp³-hybridized carbons (Fsp3) is 0.560. The van der Waals surface area contributed by atoms with E-state index in [1.165, 1.54) is 50.3 Å². The largest absolute Gasteiger partial charge is 0.497 e. The third-order valence-electron chi connectivity index (χ3n) is 7.16. The van der Waals surface area contributed by atoms with Crippen molar-refractivity contribution in [2.75, 3.05) is 46.9 Å². The molecule has 9 heteroatoms. The van der Waals surface area contributed by atoms with Crippen LogP contribution in [0.5, 0.6) is 11.5 Å². The summed E-state index contributed by atoms with van der Waals surface area (Å²) in [5.74, 6) is 0.895. The maximum Gasteiger partial charge on any atom is 0.246 e. The van der Waals surface area contributed by atoms with E-state index in [1.54, 1.807) is 12.1 Å². The van der Waals surface area contributed by atoms with Crippen molar-refractivity contribution in [2.24, 2.45) is 0 Å². The molecular weight excluding hydrogens is 454 g/mol. The Bertz CT molecular complexity index is 1140. The first-order valence-corrected chi connectivity index (χ1v) is 13.4. The Morgan fingerprint density at radius 1 is 1.00 bits per heavy atom. The molecule has 1 saturated heterocycles. The van der Waals surface area contributed by atoms with E-state index in [-0.39, 0.29) is 16.4 Å². The molecule has 2 aliphatic rings. The molecule has 1 aliphatic heterocycles. The van der Waals surface area contributed by atoms with Crippen molar-refractivity contribution >= 4 is 15.8 Å². The van der Waals surface area contributed by atoms with E-state index >= 15 is 0 Å². The predicted molar refractivity (Wildman–Crippen MR) is 130 cm³/mol. The number of methoxy groups -OCH3 is 2. The van der Waals surface area contributed by atoms with Gasteiger partial charge in [0.1, 0.15) is 16.4 Å². The van der Waals surface area contributed by atoms with Gasteiger partial charge in [-0.05, 0) is 44.9 Å². The first-order chi connectivity index (χ1) is 16.3. The van der Waals surface area contributed by atoms with Gasteiger partial charge in [-0.1, -0.05) is 12.8 Å². The number of benzene rings is 1. The number of hydrogen-bond acceptors (Lipinski definition) is 6. The minimum absolute atomic E-state index is 0.102. The standard InChI is InChI=1S/C25H35N3O5S/c1-18-15-22(19(2)28(18)20-7-5-6-8-20)23(29)17-26-11-13-27(14-12-26)34(30,31)25-10-9-21(32-3)16-24(25)33-4/h9-10,15-16,20H,5-8,11-14,17H2,1-4H3. The van der Waals surface area contributed by atoms with Crippen LogP contribution in [-0.2, 0) is 10.0 Å². The molecule has 8 nitrogen and oxygen atoms in total. The molecule has 0 unspecified atom stereocenters. The second kappa shape index (κ2) is 10.1. The van der Waals surface area contributed by atoms with Gasteiger partial charge in [0.15, 0.2) is 5.78 Å². The molecule has 2 heterocycles. The van der Waals surface area contributed by atoms with Gasteiger partial charge in [-0.2, -0.15) is 4.31 Å². The lowest BCUT2D eigenvalue weighted by Gasteiger charge is -2.33. The minimum Gasteiger partial charge on any atom is -0.497 e. The number of ketones is 1. The number of ether oxygens (including phenoxy) is 2. The molecule has 4 rings (SSSR count). The molecule has 0 amide bonds. The highest BCUT2D eigenvalue weighted by Gasteiger charge is 2.32. The number of Topliss-reactive ketones (excluding diaryl/α,β-unsaturated/α-hetero) is 1. The summed E-state index contributed by atoms with van der Waals surface area (Å²) < 4.78 is 40.8. The fourth-order valence-corrected chi connectivity index (χ4v) is 6.89. The highest BCUT2D eigenvalue weighted by atomic mass is 32.2. The fourth-order valence-electron chi connectivity index (χ4n) is 5.33. The van der Waals surface area contributed by atoms with E-state index in [2.05, 4.69) is 11.5 Å². The molecule has 34 heavy (non-hydrogen) atoms. The Kier molecular flexibility index (Phi) is 7.35. The second-order valence-electron chi connectivity index (χ2n) is 9.21. The summed E-state index contributed by atoms with van der Waals surface area (Å²) in [6.45, 7) is 6.09. The van der Waals surface area contributed by atoms with E-state index in [4.69, 9.17) is 9.47 Å². The molecule has 0 radical (unpaired) electrons. The van der Waals surface area contributed by atoms with E-state index < -0.39 is 10.0 Å². The molecule has 186 valence electrons. The number of aromatic nitrogens is 1. The molecule has 0 bridgehead atoms. The van der Waals surface area contributed by atoms with Gasteiger partial charge in [0, 0.05) is 55.2 Å². The van der Waals surface area contributed by atoms with Crippen LogP contribution in [0, 0.1) is 13.8 Å². The van der Waals surface area contributed by atoms with Gasteiger partial charge in [-0.3, -0.25) is 9.69 Å². The Balaban J connectivity index is 1.41. The third kappa shape index (κ3) is 4.74. The summed E-state index contributed by atoms with van der Waals surface area (Å²) in [7, 11) is -0.745. The smallest absolute Gasteiger partial charge is 0.246 e. The quantitative estimate of drug-likeness (QED) is 0.529. The highest BCUT2D eigenvalue weighted by molar-refractivity contribution is 7.89.